The van der Waals surface area contributed by atoms with Crippen molar-refractivity contribution in [3.05, 3.63) is 65.3 Å². The number of hydrogen-bond donors (Lipinski definition) is 3. The number of hydrogen-bond acceptors (Lipinski definition) is 5. The second-order valence-corrected chi connectivity index (χ2v) is 8.36. The molecule has 32 heavy (non-hydrogen) atoms. The van der Waals surface area contributed by atoms with Gasteiger partial charge in [-0.2, -0.15) is 5.10 Å². The average molecular weight is 455 g/mol. The van der Waals surface area contributed by atoms with E-state index in [0.717, 1.165) is 30.0 Å². The van der Waals surface area contributed by atoms with E-state index in [4.69, 9.17) is 16.3 Å². The van der Waals surface area contributed by atoms with Gasteiger partial charge in [-0.3, -0.25) is 9.48 Å². The highest BCUT2D eigenvalue weighted by Crippen LogP contribution is 2.33. The van der Waals surface area contributed by atoms with Crippen molar-refractivity contribution in [2.75, 3.05) is 18.5 Å². The van der Waals surface area contributed by atoms with Crippen molar-refractivity contribution in [1.29, 1.82) is 0 Å². The van der Waals surface area contributed by atoms with Crippen molar-refractivity contribution in [1.82, 2.24) is 15.1 Å². The lowest BCUT2D eigenvalue weighted by atomic mass is 10.1. The summed E-state index contributed by atoms with van der Waals surface area (Å²) < 4.78 is 7.87. The van der Waals surface area contributed by atoms with Crippen LogP contribution in [-0.2, 0) is 11.8 Å². The fraction of sp³-hybridized carbons (Fsp3) is 0.333. The molecule has 2 atom stereocenters. The van der Waals surface area contributed by atoms with Crippen LogP contribution in [0.5, 0.6) is 5.75 Å². The summed E-state index contributed by atoms with van der Waals surface area (Å²) >= 11 is 5.89. The number of halogens is 1. The minimum Gasteiger partial charge on any atom is -0.493 e. The van der Waals surface area contributed by atoms with Gasteiger partial charge in [0, 0.05) is 35.6 Å². The van der Waals surface area contributed by atoms with Gasteiger partial charge in [0.2, 0.25) is 0 Å². The first-order chi connectivity index (χ1) is 15.5. The summed E-state index contributed by atoms with van der Waals surface area (Å²) in [6, 6.07) is 14.4. The SMILES string of the molecule is Cn1nccc1-c1cc(NC(=O)C(O)c2ccc(Cl)cc2)ccc1OCCC1CCCN1. The number of nitrogens with zero attached hydrogens (tertiary/aromatic N) is 2. The van der Waals surface area contributed by atoms with E-state index in [9.17, 15) is 9.90 Å². The van der Waals surface area contributed by atoms with E-state index in [-0.39, 0.29) is 0 Å². The van der Waals surface area contributed by atoms with Crippen molar-refractivity contribution >= 4 is 23.2 Å². The Morgan fingerprint density at radius 2 is 2.12 bits per heavy atom. The minimum atomic E-state index is -1.30. The number of aryl methyl sites for hydroxylation is 1. The fourth-order valence-electron chi connectivity index (χ4n) is 3.89. The van der Waals surface area contributed by atoms with Gasteiger partial charge >= 0.3 is 0 Å². The maximum absolute atomic E-state index is 12.6. The van der Waals surface area contributed by atoms with Crippen molar-refractivity contribution in [3.8, 4) is 17.0 Å². The number of nitrogens with one attached hydrogen (secondary N) is 2. The molecule has 1 aliphatic heterocycles. The van der Waals surface area contributed by atoms with Gasteiger partial charge in [0.1, 0.15) is 5.75 Å². The molecule has 0 aliphatic carbocycles. The van der Waals surface area contributed by atoms with Crippen LogP contribution in [0.15, 0.2) is 54.7 Å². The third-order valence-corrected chi connectivity index (χ3v) is 5.92. The molecule has 2 unspecified atom stereocenters. The predicted molar refractivity (Wildman–Crippen MR) is 125 cm³/mol. The molecular formula is C24H27ClN4O3. The Morgan fingerprint density at radius 3 is 2.81 bits per heavy atom. The van der Waals surface area contributed by atoms with Crippen molar-refractivity contribution in [2.45, 2.75) is 31.4 Å². The van der Waals surface area contributed by atoms with Crippen molar-refractivity contribution < 1.29 is 14.6 Å². The molecule has 7 nitrogen and oxygen atoms in total. The number of aliphatic hydroxyl groups excluding tert-OH is 1. The van der Waals surface area contributed by atoms with Crippen LogP contribution in [-0.4, -0.2) is 40.0 Å². The molecule has 0 radical (unpaired) electrons. The lowest BCUT2D eigenvalue weighted by molar-refractivity contribution is -0.124. The highest BCUT2D eigenvalue weighted by molar-refractivity contribution is 6.30. The maximum Gasteiger partial charge on any atom is 0.257 e. The third kappa shape index (κ3) is 5.30. The van der Waals surface area contributed by atoms with Gasteiger partial charge in [-0.25, -0.2) is 0 Å². The van der Waals surface area contributed by atoms with E-state index in [1.807, 2.05) is 25.2 Å². The summed E-state index contributed by atoms with van der Waals surface area (Å²) in [5.41, 5.74) is 2.72. The van der Waals surface area contributed by atoms with Crippen LogP contribution in [0, 0.1) is 0 Å². The zero-order valence-corrected chi connectivity index (χ0v) is 18.7. The number of carbonyl (C=O) groups is 1. The molecule has 0 saturated carbocycles. The molecule has 8 heteroatoms. The first-order valence-corrected chi connectivity index (χ1v) is 11.1. The number of rotatable bonds is 8. The Balaban J connectivity index is 1.50. The Kier molecular flexibility index (Phi) is 7.09. The molecule has 168 valence electrons. The van der Waals surface area contributed by atoms with Crippen molar-refractivity contribution in [2.24, 2.45) is 7.05 Å². The highest BCUT2D eigenvalue weighted by atomic mass is 35.5. The van der Waals surface area contributed by atoms with Crippen LogP contribution in [0.2, 0.25) is 5.02 Å². The first kappa shape index (κ1) is 22.3. The molecule has 2 heterocycles. The highest BCUT2D eigenvalue weighted by Gasteiger charge is 2.19. The molecule has 3 aromatic rings. The minimum absolute atomic E-state index is 0.472. The van der Waals surface area contributed by atoms with E-state index in [2.05, 4.69) is 15.7 Å². The van der Waals surface area contributed by atoms with Crippen LogP contribution in [0.3, 0.4) is 0 Å². The zero-order chi connectivity index (χ0) is 22.5. The molecule has 1 aliphatic rings. The van der Waals surface area contributed by atoms with Gasteiger partial charge in [0.25, 0.3) is 5.91 Å². The van der Waals surface area contributed by atoms with Gasteiger partial charge in [-0.05, 0) is 67.8 Å². The smallest absolute Gasteiger partial charge is 0.257 e. The van der Waals surface area contributed by atoms with E-state index in [0.29, 0.717) is 28.9 Å². The second kappa shape index (κ2) is 10.2. The van der Waals surface area contributed by atoms with E-state index in [1.54, 1.807) is 41.2 Å². The quantitative estimate of drug-likeness (QED) is 0.480. The predicted octanol–water partition coefficient (Wildman–Crippen LogP) is 3.93. The number of anilines is 1. The number of aliphatic hydroxyl groups is 1. The summed E-state index contributed by atoms with van der Waals surface area (Å²) in [4.78, 5) is 12.6. The summed E-state index contributed by atoms with van der Waals surface area (Å²) in [7, 11) is 1.86. The average Bonchev–Trinajstić information content (AvgIpc) is 3.46. The van der Waals surface area contributed by atoms with E-state index in [1.165, 1.54) is 12.8 Å². The summed E-state index contributed by atoms with van der Waals surface area (Å²) in [5, 5.41) is 21.5. The largest absolute Gasteiger partial charge is 0.493 e. The zero-order valence-electron chi connectivity index (χ0n) is 17.9. The molecule has 4 rings (SSSR count). The van der Waals surface area contributed by atoms with Crippen LogP contribution in [0.25, 0.3) is 11.3 Å². The molecule has 3 N–H and O–H groups in total. The van der Waals surface area contributed by atoms with Crippen LogP contribution in [0.1, 0.15) is 30.9 Å². The fourth-order valence-corrected chi connectivity index (χ4v) is 4.02. The first-order valence-electron chi connectivity index (χ1n) is 10.7. The summed E-state index contributed by atoms with van der Waals surface area (Å²) in [6.07, 6.45) is 3.75. The van der Waals surface area contributed by atoms with Crippen LogP contribution < -0.4 is 15.4 Å². The van der Waals surface area contributed by atoms with Gasteiger partial charge in [-0.1, -0.05) is 23.7 Å². The van der Waals surface area contributed by atoms with Gasteiger partial charge < -0.3 is 20.5 Å². The number of amides is 1. The number of aromatic nitrogens is 2. The molecule has 0 spiro atoms. The molecule has 1 amide bonds. The molecule has 2 aromatic carbocycles. The third-order valence-electron chi connectivity index (χ3n) is 5.66. The molecule has 1 saturated heterocycles. The van der Waals surface area contributed by atoms with E-state index >= 15 is 0 Å². The standard InChI is InChI=1S/C24H27ClN4O3/c1-29-21(10-13-27-29)20-15-19(8-9-22(20)32-14-11-18-3-2-12-26-18)28-24(31)23(30)16-4-6-17(25)7-5-16/h4-10,13,15,18,23,26,30H,2-3,11-12,14H2,1H3,(H,28,31). The Bertz CT molecular complexity index is 1060. The number of ether oxygens (including phenoxy) is 1. The van der Waals surface area contributed by atoms with Gasteiger partial charge in [-0.15, -0.1) is 0 Å². The molecule has 0 bridgehead atoms. The summed E-state index contributed by atoms with van der Waals surface area (Å²) in [6.45, 7) is 1.67. The van der Waals surface area contributed by atoms with E-state index < -0.39 is 12.0 Å². The lowest BCUT2D eigenvalue weighted by Gasteiger charge is -2.17. The molecular weight excluding hydrogens is 428 g/mol. The Labute approximate surface area is 192 Å². The molecule has 1 fully saturated rings. The Hall–Kier alpha value is -2.87. The van der Waals surface area contributed by atoms with Crippen LogP contribution in [0.4, 0.5) is 5.69 Å². The monoisotopic (exact) mass is 454 g/mol. The maximum atomic E-state index is 12.6. The Morgan fingerprint density at radius 1 is 1.31 bits per heavy atom. The van der Waals surface area contributed by atoms with Crippen molar-refractivity contribution in [3.63, 3.8) is 0 Å². The normalized spacial score (nSPS) is 16.7. The van der Waals surface area contributed by atoms with Crippen LogP contribution >= 0.6 is 11.6 Å². The van der Waals surface area contributed by atoms with Gasteiger partial charge in [0.15, 0.2) is 6.10 Å². The number of benzene rings is 2. The molecule has 1 aromatic heterocycles. The van der Waals surface area contributed by atoms with Gasteiger partial charge in [0.05, 0.1) is 12.3 Å². The topological polar surface area (TPSA) is 88.4 Å². The second-order valence-electron chi connectivity index (χ2n) is 7.92. The lowest BCUT2D eigenvalue weighted by Crippen LogP contribution is -2.23. The summed E-state index contributed by atoms with van der Waals surface area (Å²) in [5.74, 6) is 0.201. The number of carbonyl (C=O) groups excluding carboxylic acids is 1.